The number of likely N-dealkylation sites (tertiary alicyclic amines) is 1. The number of rotatable bonds is 4. The molecule has 3 N–H and O–H groups in total. The Balaban J connectivity index is 1.33. The molecule has 2 atom stereocenters. The summed E-state index contributed by atoms with van der Waals surface area (Å²) in [4.78, 5) is 23.2. The quantitative estimate of drug-likeness (QED) is 0.385. The normalized spacial score (nSPS) is 18.5. The Morgan fingerprint density at radius 1 is 1.14 bits per heavy atom. The van der Waals surface area contributed by atoms with Gasteiger partial charge in [-0.05, 0) is 37.7 Å². The van der Waals surface area contributed by atoms with Crippen molar-refractivity contribution in [3.8, 4) is 11.3 Å². The summed E-state index contributed by atoms with van der Waals surface area (Å²) in [7, 11) is 1.82. The summed E-state index contributed by atoms with van der Waals surface area (Å²) in [5.41, 5.74) is 2.66. The second-order valence-electron chi connectivity index (χ2n) is 8.99. The summed E-state index contributed by atoms with van der Waals surface area (Å²) < 4.78 is 40.8. The molecule has 0 radical (unpaired) electrons. The number of H-pyrrole nitrogens is 1. The third-order valence-electron chi connectivity index (χ3n) is 6.34. The number of halogens is 3. The van der Waals surface area contributed by atoms with E-state index in [1.165, 1.54) is 12.1 Å². The lowest BCUT2D eigenvalue weighted by Crippen LogP contribution is -2.42. The van der Waals surface area contributed by atoms with Crippen LogP contribution in [-0.4, -0.2) is 57.3 Å². The van der Waals surface area contributed by atoms with Crippen molar-refractivity contribution in [1.29, 1.82) is 0 Å². The topological polar surface area (TPSA) is 98.8 Å². The number of carbonyl (C=O) groups is 1. The molecule has 8 nitrogen and oxygen atoms in total. The van der Waals surface area contributed by atoms with Crippen LogP contribution >= 0.6 is 0 Å². The number of urea groups is 1. The first kappa shape index (κ1) is 23.7. The van der Waals surface area contributed by atoms with Crippen molar-refractivity contribution in [2.24, 2.45) is 0 Å². The lowest BCUT2D eigenvalue weighted by atomic mass is 9.90. The molecule has 0 bridgehead atoms. The fourth-order valence-corrected chi connectivity index (χ4v) is 4.76. The van der Waals surface area contributed by atoms with Crippen LogP contribution < -0.4 is 10.6 Å². The monoisotopic (exact) mass is 495 g/mol. The number of hydrogen-bond donors (Lipinski definition) is 3. The first-order valence-corrected chi connectivity index (χ1v) is 11.4. The van der Waals surface area contributed by atoms with Crippen molar-refractivity contribution in [2.75, 3.05) is 25.5 Å². The smallest absolute Gasteiger partial charge is 0.333 e. The van der Waals surface area contributed by atoms with E-state index in [1.807, 2.05) is 31.0 Å². The third-order valence-corrected chi connectivity index (χ3v) is 6.34. The van der Waals surface area contributed by atoms with Crippen molar-refractivity contribution in [2.45, 2.75) is 25.1 Å². The Hall–Kier alpha value is -3.99. The van der Waals surface area contributed by atoms with Crippen molar-refractivity contribution in [3.63, 3.8) is 0 Å². The van der Waals surface area contributed by atoms with Crippen LogP contribution in [0, 0.1) is 6.92 Å². The maximum Gasteiger partial charge on any atom is 0.416 e. The van der Waals surface area contributed by atoms with Crippen LogP contribution in [0.4, 0.5) is 23.8 Å². The van der Waals surface area contributed by atoms with E-state index in [2.05, 4.69) is 30.8 Å². The van der Waals surface area contributed by atoms with Gasteiger partial charge in [-0.25, -0.2) is 9.78 Å². The molecular formula is C25H24F3N7O. The predicted molar refractivity (Wildman–Crippen MR) is 129 cm³/mol. The molecule has 4 aromatic rings. The molecule has 3 aromatic heterocycles. The molecule has 2 amide bonds. The molecule has 0 spiro atoms. The Labute approximate surface area is 204 Å². The van der Waals surface area contributed by atoms with Gasteiger partial charge in [0, 0.05) is 54.1 Å². The summed E-state index contributed by atoms with van der Waals surface area (Å²) in [6.45, 7) is 2.71. The van der Waals surface area contributed by atoms with E-state index in [0.29, 0.717) is 24.4 Å². The average molecular weight is 496 g/mol. The van der Waals surface area contributed by atoms with Crippen molar-refractivity contribution in [3.05, 3.63) is 71.7 Å². The molecule has 186 valence electrons. The molecule has 4 heterocycles. The molecule has 1 aliphatic rings. The molecule has 1 aliphatic heterocycles. The number of likely N-dealkylation sites (N-methyl/N-ethyl adjacent to an activating group) is 1. The van der Waals surface area contributed by atoms with E-state index < -0.39 is 29.7 Å². The number of nitrogens with zero attached hydrogens (tertiary/aromatic N) is 4. The summed E-state index contributed by atoms with van der Waals surface area (Å²) in [6.07, 6.45) is -1.15. The van der Waals surface area contributed by atoms with Crippen LogP contribution in [0.15, 0.2) is 54.9 Å². The zero-order chi connectivity index (χ0) is 25.4. The van der Waals surface area contributed by atoms with Crippen LogP contribution in [0.1, 0.15) is 22.7 Å². The van der Waals surface area contributed by atoms with E-state index in [1.54, 1.807) is 24.5 Å². The fraction of sp³-hybridized carbons (Fsp3) is 0.280. The molecular weight excluding hydrogens is 471 g/mol. The van der Waals surface area contributed by atoms with Gasteiger partial charge in [-0.3, -0.25) is 15.4 Å². The summed E-state index contributed by atoms with van der Waals surface area (Å²) in [5.74, 6) is -0.215. The van der Waals surface area contributed by atoms with E-state index in [9.17, 15) is 18.0 Å². The van der Waals surface area contributed by atoms with E-state index in [4.69, 9.17) is 0 Å². The van der Waals surface area contributed by atoms with Crippen molar-refractivity contribution >= 4 is 22.8 Å². The standard InChI is InChI=1S/C25H24F3N7O/c1-14-9-15(7-8-29-14)23-17-11-30-22(10-20(17)33-34-23)32-24(36)31-21-13-35(2)12-18(21)16-5-3-4-6-19(16)25(26,27)28/h3-11,18,21H,12-13H2,1-2H3,(H,33,34)(H2,30,31,32,36)/t18?,21-/m0/s1. The Morgan fingerprint density at radius 3 is 2.72 bits per heavy atom. The third kappa shape index (κ3) is 4.74. The van der Waals surface area contributed by atoms with Gasteiger partial charge in [-0.1, -0.05) is 18.2 Å². The Bertz CT molecular complexity index is 1420. The Kier molecular flexibility index (Phi) is 6.09. The van der Waals surface area contributed by atoms with Crippen LogP contribution in [0.25, 0.3) is 22.2 Å². The number of aromatic nitrogens is 4. The lowest BCUT2D eigenvalue weighted by molar-refractivity contribution is -0.138. The van der Waals surface area contributed by atoms with Gasteiger partial charge in [0.2, 0.25) is 0 Å². The number of alkyl halides is 3. The van der Waals surface area contributed by atoms with Gasteiger partial charge < -0.3 is 10.2 Å². The second kappa shape index (κ2) is 9.23. The lowest BCUT2D eigenvalue weighted by Gasteiger charge is -2.23. The predicted octanol–water partition coefficient (Wildman–Crippen LogP) is 4.57. The van der Waals surface area contributed by atoms with Crippen LogP contribution in [-0.2, 0) is 6.18 Å². The maximum atomic E-state index is 13.6. The van der Waals surface area contributed by atoms with Gasteiger partial charge >= 0.3 is 12.2 Å². The number of aryl methyl sites for hydroxylation is 1. The van der Waals surface area contributed by atoms with Crippen LogP contribution in [0.2, 0.25) is 0 Å². The highest BCUT2D eigenvalue weighted by Crippen LogP contribution is 2.38. The first-order valence-electron chi connectivity index (χ1n) is 11.4. The van der Waals surface area contributed by atoms with Gasteiger partial charge in [-0.2, -0.15) is 18.3 Å². The number of anilines is 1. The van der Waals surface area contributed by atoms with Crippen LogP contribution in [0.5, 0.6) is 0 Å². The van der Waals surface area contributed by atoms with Gasteiger partial charge in [0.25, 0.3) is 0 Å². The van der Waals surface area contributed by atoms with Crippen molar-refractivity contribution < 1.29 is 18.0 Å². The highest BCUT2D eigenvalue weighted by atomic mass is 19.4. The number of benzene rings is 1. The minimum absolute atomic E-state index is 0.176. The molecule has 1 unspecified atom stereocenters. The summed E-state index contributed by atoms with van der Waals surface area (Å²) >= 11 is 0. The number of amides is 2. The molecule has 1 aromatic carbocycles. The van der Waals surface area contributed by atoms with E-state index in [0.717, 1.165) is 28.4 Å². The number of aromatic amines is 1. The molecule has 0 aliphatic carbocycles. The molecule has 1 fully saturated rings. The highest BCUT2D eigenvalue weighted by Gasteiger charge is 2.40. The molecule has 11 heteroatoms. The summed E-state index contributed by atoms with van der Waals surface area (Å²) in [6, 6.07) is 9.91. The zero-order valence-electron chi connectivity index (χ0n) is 19.6. The van der Waals surface area contributed by atoms with Gasteiger partial charge in [0.05, 0.1) is 17.1 Å². The molecule has 1 saturated heterocycles. The maximum absolute atomic E-state index is 13.6. The first-order chi connectivity index (χ1) is 17.2. The van der Waals surface area contributed by atoms with Gasteiger partial charge in [0.15, 0.2) is 0 Å². The van der Waals surface area contributed by atoms with Crippen LogP contribution in [0.3, 0.4) is 0 Å². The van der Waals surface area contributed by atoms with E-state index >= 15 is 0 Å². The number of fused-ring (bicyclic) bond motifs is 1. The molecule has 36 heavy (non-hydrogen) atoms. The van der Waals surface area contributed by atoms with E-state index in [-0.39, 0.29) is 5.56 Å². The van der Waals surface area contributed by atoms with Gasteiger partial charge in [0.1, 0.15) is 11.5 Å². The number of nitrogens with one attached hydrogen (secondary N) is 3. The minimum atomic E-state index is -4.47. The average Bonchev–Trinajstić information content (AvgIpc) is 3.41. The summed E-state index contributed by atoms with van der Waals surface area (Å²) in [5, 5.41) is 13.6. The zero-order valence-corrected chi connectivity index (χ0v) is 19.6. The highest BCUT2D eigenvalue weighted by molar-refractivity contribution is 5.95. The van der Waals surface area contributed by atoms with Gasteiger partial charge in [-0.15, -0.1) is 0 Å². The Morgan fingerprint density at radius 2 is 1.94 bits per heavy atom. The molecule has 5 rings (SSSR count). The number of carbonyl (C=O) groups excluding carboxylic acids is 1. The number of pyridine rings is 2. The minimum Gasteiger partial charge on any atom is -0.333 e. The second-order valence-corrected chi connectivity index (χ2v) is 8.99. The molecule has 0 saturated carbocycles. The number of hydrogen-bond acceptors (Lipinski definition) is 5. The van der Waals surface area contributed by atoms with Crippen molar-refractivity contribution in [1.82, 2.24) is 30.4 Å². The largest absolute Gasteiger partial charge is 0.416 e. The fourth-order valence-electron chi connectivity index (χ4n) is 4.76. The SMILES string of the molecule is Cc1cc(-c2n[nH]c3cc(NC(=O)N[C@H]4CN(C)CC4c4ccccc4C(F)(F)F)ncc23)ccn1.